The molecule has 0 saturated carbocycles. The number of rotatable bonds is 13. The van der Waals surface area contributed by atoms with Gasteiger partial charge in [0.05, 0.1) is 6.54 Å². The zero-order valence-corrected chi connectivity index (χ0v) is 18.1. The minimum Gasteiger partial charge on any atom is -0.481 e. The van der Waals surface area contributed by atoms with Crippen LogP contribution in [0, 0.1) is 11.8 Å². The Morgan fingerprint density at radius 3 is 2.52 bits per heavy atom. The van der Waals surface area contributed by atoms with Gasteiger partial charge in [0.15, 0.2) is 0 Å². The molecule has 0 radical (unpaired) electrons. The van der Waals surface area contributed by atoms with Crippen LogP contribution in [-0.2, 0) is 9.59 Å². The van der Waals surface area contributed by atoms with Gasteiger partial charge in [-0.3, -0.25) is 9.59 Å². The number of allylic oxidation sites excluding steroid dienone is 2. The maximum absolute atomic E-state index is 12.1. The molecule has 0 unspecified atom stereocenters. The van der Waals surface area contributed by atoms with Crippen LogP contribution in [0.2, 0.25) is 0 Å². The molecular weight excluding hydrogens is 390 g/mol. The Hall–Kier alpha value is -1.70. The molecule has 29 heavy (non-hydrogen) atoms. The van der Waals surface area contributed by atoms with Crippen LogP contribution in [0.5, 0.6) is 0 Å². The second kappa shape index (κ2) is 12.8. The van der Waals surface area contributed by atoms with E-state index < -0.39 is 5.97 Å². The summed E-state index contributed by atoms with van der Waals surface area (Å²) in [6, 6.07) is -0.296. The first-order valence-corrected chi connectivity index (χ1v) is 11.8. The molecule has 2 rings (SSSR count). The summed E-state index contributed by atoms with van der Waals surface area (Å²) in [5.74, 6) is 0.128. The molecule has 8 heteroatoms. The Morgan fingerprint density at radius 1 is 1.03 bits per heavy atom. The van der Waals surface area contributed by atoms with Crippen molar-refractivity contribution in [2.75, 3.05) is 19.6 Å². The summed E-state index contributed by atoms with van der Waals surface area (Å²) in [5.41, 5.74) is 0. The van der Waals surface area contributed by atoms with Crippen LogP contribution in [-0.4, -0.2) is 53.1 Å². The van der Waals surface area contributed by atoms with E-state index in [0.29, 0.717) is 41.8 Å². The molecule has 4 atom stereocenters. The summed E-state index contributed by atoms with van der Waals surface area (Å²) in [7, 11) is 0. The van der Waals surface area contributed by atoms with E-state index in [1.165, 1.54) is 12.8 Å². The van der Waals surface area contributed by atoms with Gasteiger partial charge < -0.3 is 21.1 Å². The molecule has 2 heterocycles. The highest BCUT2D eigenvalue weighted by molar-refractivity contribution is 8.01. The molecule has 7 nitrogen and oxygen atoms in total. The van der Waals surface area contributed by atoms with Crippen molar-refractivity contribution >= 4 is 29.7 Å². The first-order valence-electron chi connectivity index (χ1n) is 10.8. The van der Waals surface area contributed by atoms with Gasteiger partial charge in [0, 0.05) is 30.0 Å². The number of fused-ring (bicyclic) bond motifs is 2. The number of hydrogen-bond donors (Lipinski definition) is 4. The maximum Gasteiger partial charge on any atom is 0.315 e. The summed E-state index contributed by atoms with van der Waals surface area (Å²) in [6.07, 6.45) is 11.4. The van der Waals surface area contributed by atoms with Gasteiger partial charge in [-0.15, -0.1) is 0 Å². The summed E-state index contributed by atoms with van der Waals surface area (Å²) in [4.78, 5) is 34.3. The Labute approximate surface area is 177 Å². The molecular formula is C21H35N3O4S. The molecule has 0 aromatic rings. The number of thioether (sulfide) groups is 1. The molecule has 0 aromatic heterocycles. The number of amides is 3. The van der Waals surface area contributed by atoms with Crippen LogP contribution >= 0.6 is 11.8 Å². The highest BCUT2D eigenvalue weighted by Gasteiger charge is 2.47. The average molecular weight is 426 g/mol. The van der Waals surface area contributed by atoms with Gasteiger partial charge in [0.25, 0.3) is 0 Å². The predicted molar refractivity (Wildman–Crippen MR) is 116 cm³/mol. The van der Waals surface area contributed by atoms with Crippen molar-refractivity contribution in [2.24, 2.45) is 11.8 Å². The van der Waals surface area contributed by atoms with Crippen LogP contribution in [0.15, 0.2) is 12.2 Å². The topological polar surface area (TPSA) is 108 Å². The highest BCUT2D eigenvalue weighted by atomic mass is 32.2. The van der Waals surface area contributed by atoms with E-state index in [1.54, 1.807) is 0 Å². The average Bonchev–Trinajstić information content (AvgIpc) is 3.29. The third-order valence-corrected chi connectivity index (χ3v) is 7.56. The molecule has 2 saturated heterocycles. The molecule has 4 N–H and O–H groups in total. The summed E-state index contributed by atoms with van der Waals surface area (Å²) in [6.45, 7) is 3.34. The zero-order valence-electron chi connectivity index (χ0n) is 17.3. The molecule has 3 amide bonds. The van der Waals surface area contributed by atoms with Crippen molar-refractivity contribution in [3.05, 3.63) is 12.2 Å². The molecule has 2 bridgehead atoms. The van der Waals surface area contributed by atoms with Crippen molar-refractivity contribution in [3.8, 4) is 0 Å². The van der Waals surface area contributed by atoms with Crippen molar-refractivity contribution < 1.29 is 19.5 Å². The normalized spacial score (nSPS) is 25.3. The van der Waals surface area contributed by atoms with Crippen LogP contribution in [0.1, 0.15) is 58.3 Å². The molecule has 0 aromatic carbocycles. The second-order valence-electron chi connectivity index (χ2n) is 7.88. The fourth-order valence-electron chi connectivity index (χ4n) is 4.12. The number of nitrogens with one attached hydrogen (secondary N) is 3. The largest absolute Gasteiger partial charge is 0.481 e. The SMILES string of the molecule is CCCCNC(=O)NCC(=O)NC[C@H]1[C@@H](CC=CCCCC(=O)O)[C@H]2CC[C@@H]1S2. The Bertz CT molecular complexity index is 584. The minimum absolute atomic E-state index is 0.0000627. The number of aliphatic carboxylic acids is 1. The van der Waals surface area contributed by atoms with E-state index in [9.17, 15) is 14.4 Å². The van der Waals surface area contributed by atoms with E-state index in [4.69, 9.17) is 5.11 Å². The molecule has 2 aliphatic heterocycles. The van der Waals surface area contributed by atoms with E-state index in [0.717, 1.165) is 25.7 Å². The lowest BCUT2D eigenvalue weighted by atomic mass is 9.77. The molecule has 2 aliphatic rings. The van der Waals surface area contributed by atoms with Crippen LogP contribution in [0.4, 0.5) is 4.79 Å². The van der Waals surface area contributed by atoms with Crippen LogP contribution < -0.4 is 16.0 Å². The van der Waals surface area contributed by atoms with E-state index in [-0.39, 0.29) is 24.9 Å². The smallest absolute Gasteiger partial charge is 0.315 e. The Kier molecular flexibility index (Phi) is 10.4. The monoisotopic (exact) mass is 425 g/mol. The van der Waals surface area contributed by atoms with E-state index in [1.807, 2.05) is 0 Å². The zero-order chi connectivity index (χ0) is 21.1. The highest BCUT2D eigenvalue weighted by Crippen LogP contribution is 2.54. The van der Waals surface area contributed by atoms with Gasteiger partial charge in [-0.25, -0.2) is 4.79 Å². The number of carboxylic acids is 1. The van der Waals surface area contributed by atoms with E-state index in [2.05, 4.69) is 46.8 Å². The summed E-state index contributed by atoms with van der Waals surface area (Å²) >= 11 is 2.06. The van der Waals surface area contributed by atoms with Gasteiger partial charge in [-0.2, -0.15) is 11.8 Å². The van der Waals surface area contributed by atoms with Gasteiger partial charge in [0.2, 0.25) is 5.91 Å². The third kappa shape index (κ3) is 8.28. The standard InChI is InChI=1S/C21H35N3O4S/c1-2-3-12-22-21(28)24-14-19(25)23-13-16-15(17-10-11-18(16)29-17)8-6-4-5-7-9-20(26)27/h4,6,15-18H,2-3,5,7-14H2,1H3,(H,23,25)(H,26,27)(H2,22,24,28)/t15-,16+,17-,18+/m1/s1. The minimum atomic E-state index is -0.744. The summed E-state index contributed by atoms with van der Waals surface area (Å²) < 4.78 is 0. The fourth-order valence-corrected chi connectivity index (χ4v) is 6.13. The van der Waals surface area contributed by atoms with Crippen molar-refractivity contribution in [1.29, 1.82) is 0 Å². The number of hydrogen-bond acceptors (Lipinski definition) is 4. The molecule has 0 spiro atoms. The maximum atomic E-state index is 12.1. The lowest BCUT2D eigenvalue weighted by molar-refractivity contribution is -0.137. The van der Waals surface area contributed by atoms with Gasteiger partial charge in [-0.1, -0.05) is 25.5 Å². The van der Waals surface area contributed by atoms with Crippen molar-refractivity contribution in [2.45, 2.75) is 68.8 Å². The lowest BCUT2D eigenvalue weighted by Gasteiger charge is -2.29. The molecule has 2 fully saturated rings. The van der Waals surface area contributed by atoms with Crippen molar-refractivity contribution in [3.63, 3.8) is 0 Å². The Balaban J connectivity index is 1.68. The quantitative estimate of drug-likeness (QED) is 0.268. The Morgan fingerprint density at radius 2 is 1.79 bits per heavy atom. The number of urea groups is 1. The number of unbranched alkanes of at least 4 members (excludes halogenated alkanes) is 2. The second-order valence-corrected chi connectivity index (χ2v) is 9.36. The lowest BCUT2D eigenvalue weighted by Crippen LogP contribution is -2.44. The molecule has 164 valence electrons. The van der Waals surface area contributed by atoms with E-state index >= 15 is 0 Å². The van der Waals surface area contributed by atoms with Crippen molar-refractivity contribution in [1.82, 2.24) is 16.0 Å². The van der Waals surface area contributed by atoms with Gasteiger partial charge in [0.1, 0.15) is 0 Å². The number of carbonyl (C=O) groups is 3. The fraction of sp³-hybridized carbons (Fsp3) is 0.762. The van der Waals surface area contributed by atoms with Gasteiger partial charge >= 0.3 is 12.0 Å². The van der Waals surface area contributed by atoms with Gasteiger partial charge in [-0.05, 0) is 50.4 Å². The van der Waals surface area contributed by atoms with Crippen LogP contribution in [0.3, 0.4) is 0 Å². The number of carboxylic acid groups (broad SMARTS) is 1. The summed E-state index contributed by atoms with van der Waals surface area (Å²) in [5, 5.41) is 18.3. The predicted octanol–water partition coefficient (Wildman–Crippen LogP) is 2.91. The molecule has 0 aliphatic carbocycles. The van der Waals surface area contributed by atoms with Crippen LogP contribution in [0.25, 0.3) is 0 Å². The first kappa shape index (κ1) is 23.6. The first-order chi connectivity index (χ1) is 14.0. The number of carbonyl (C=O) groups excluding carboxylic acids is 2. The third-order valence-electron chi connectivity index (χ3n) is 5.69.